The van der Waals surface area contributed by atoms with E-state index in [0.717, 1.165) is 53.2 Å². The minimum atomic E-state index is -0.0117. The quantitative estimate of drug-likeness (QED) is 0.417. The number of benzene rings is 1. The molecule has 1 amide bonds. The maximum absolute atomic E-state index is 13.2. The molecule has 10 nitrogen and oxygen atoms in total. The van der Waals surface area contributed by atoms with Gasteiger partial charge in [-0.2, -0.15) is 5.10 Å². The van der Waals surface area contributed by atoms with Crippen molar-refractivity contribution in [3.8, 4) is 17.1 Å². The summed E-state index contributed by atoms with van der Waals surface area (Å²) in [6.07, 6.45) is 3.18. The number of aromatic nitrogens is 6. The first-order chi connectivity index (χ1) is 18.0. The number of anilines is 2. The van der Waals surface area contributed by atoms with Crippen LogP contribution in [0.1, 0.15) is 11.4 Å². The van der Waals surface area contributed by atoms with Gasteiger partial charge in [0, 0.05) is 62.7 Å². The van der Waals surface area contributed by atoms with Crippen LogP contribution >= 0.6 is 0 Å². The van der Waals surface area contributed by atoms with Crippen molar-refractivity contribution >= 4 is 17.5 Å². The molecule has 2 aliphatic rings. The molecule has 6 rings (SSSR count). The minimum Gasteiger partial charge on any atom is -0.355 e. The molecule has 5 heterocycles. The number of hydrogen-bond donors (Lipinski definition) is 0. The Balaban J connectivity index is 1.04. The fourth-order valence-electron chi connectivity index (χ4n) is 5.01. The Bertz CT molecular complexity index is 1410. The van der Waals surface area contributed by atoms with Crippen molar-refractivity contribution in [2.45, 2.75) is 13.8 Å². The molecule has 2 saturated heterocycles. The van der Waals surface area contributed by atoms with Crippen LogP contribution in [0, 0.1) is 19.8 Å². The van der Waals surface area contributed by atoms with E-state index < -0.39 is 0 Å². The van der Waals surface area contributed by atoms with Crippen molar-refractivity contribution in [3.63, 3.8) is 0 Å². The molecule has 37 heavy (non-hydrogen) atoms. The van der Waals surface area contributed by atoms with E-state index in [-0.39, 0.29) is 11.8 Å². The van der Waals surface area contributed by atoms with E-state index in [2.05, 4.69) is 34.8 Å². The number of amides is 1. The van der Waals surface area contributed by atoms with Crippen LogP contribution in [-0.4, -0.2) is 79.8 Å². The number of piperazine rings is 1. The van der Waals surface area contributed by atoms with Gasteiger partial charge in [0.15, 0.2) is 5.82 Å². The highest BCUT2D eigenvalue weighted by Crippen LogP contribution is 2.27. The molecule has 0 N–H and O–H groups in total. The van der Waals surface area contributed by atoms with Gasteiger partial charge in [0.2, 0.25) is 5.91 Å². The SMILES string of the molecule is Cc1cc(C)n(-c2cc(N3CC(C(=O)N4CCN(c5cc(-c6ccccc6)ncn5)CC4)C3)ncn2)n1. The third kappa shape index (κ3) is 4.62. The first kappa shape index (κ1) is 23.1. The van der Waals surface area contributed by atoms with E-state index in [1.807, 2.05) is 72.0 Å². The van der Waals surface area contributed by atoms with E-state index in [1.165, 1.54) is 0 Å². The van der Waals surface area contributed by atoms with Crippen molar-refractivity contribution in [3.05, 3.63) is 72.6 Å². The number of hydrogen-bond acceptors (Lipinski definition) is 8. The molecule has 0 bridgehead atoms. The van der Waals surface area contributed by atoms with Crippen LogP contribution in [0.5, 0.6) is 0 Å². The number of aryl methyl sites for hydroxylation is 2. The lowest BCUT2D eigenvalue weighted by molar-refractivity contribution is -0.136. The maximum Gasteiger partial charge on any atom is 0.229 e. The van der Waals surface area contributed by atoms with Crippen molar-refractivity contribution in [2.75, 3.05) is 49.1 Å². The Morgan fingerprint density at radius 1 is 0.784 bits per heavy atom. The molecule has 188 valence electrons. The van der Waals surface area contributed by atoms with E-state index >= 15 is 0 Å². The summed E-state index contributed by atoms with van der Waals surface area (Å²) in [5.41, 5.74) is 3.95. The zero-order valence-corrected chi connectivity index (χ0v) is 21.0. The average molecular weight is 496 g/mol. The normalized spacial score (nSPS) is 16.1. The zero-order chi connectivity index (χ0) is 25.4. The lowest BCUT2D eigenvalue weighted by atomic mass is 9.98. The van der Waals surface area contributed by atoms with E-state index in [0.29, 0.717) is 26.2 Å². The first-order valence-corrected chi connectivity index (χ1v) is 12.6. The minimum absolute atomic E-state index is 0.0117. The summed E-state index contributed by atoms with van der Waals surface area (Å²) in [4.78, 5) is 37.3. The maximum atomic E-state index is 13.2. The third-order valence-electron chi connectivity index (χ3n) is 7.06. The highest BCUT2D eigenvalue weighted by Gasteiger charge is 2.37. The third-order valence-corrected chi connectivity index (χ3v) is 7.06. The Morgan fingerprint density at radius 2 is 1.46 bits per heavy atom. The van der Waals surface area contributed by atoms with Crippen LogP contribution in [-0.2, 0) is 4.79 Å². The molecule has 1 aromatic carbocycles. The lowest BCUT2D eigenvalue weighted by Crippen LogP contribution is -2.58. The van der Waals surface area contributed by atoms with Gasteiger partial charge in [-0.3, -0.25) is 4.79 Å². The van der Waals surface area contributed by atoms with Crippen molar-refractivity contribution in [1.82, 2.24) is 34.6 Å². The number of carbonyl (C=O) groups is 1. The molecule has 0 aliphatic carbocycles. The molecule has 0 spiro atoms. The van der Waals surface area contributed by atoms with Crippen molar-refractivity contribution < 1.29 is 4.79 Å². The fraction of sp³-hybridized carbons (Fsp3) is 0.333. The Hall–Kier alpha value is -4.34. The molecule has 3 aromatic heterocycles. The van der Waals surface area contributed by atoms with Gasteiger partial charge in [0.05, 0.1) is 17.3 Å². The summed E-state index contributed by atoms with van der Waals surface area (Å²) in [5, 5.41) is 4.51. The molecular formula is C27H29N9O. The molecule has 0 unspecified atom stereocenters. The summed E-state index contributed by atoms with van der Waals surface area (Å²) >= 11 is 0. The molecule has 0 radical (unpaired) electrons. The van der Waals surface area contributed by atoms with Crippen molar-refractivity contribution in [2.24, 2.45) is 5.92 Å². The smallest absolute Gasteiger partial charge is 0.229 e. The van der Waals surface area contributed by atoms with Crippen LogP contribution in [0.2, 0.25) is 0 Å². The Kier molecular flexibility index (Phi) is 5.99. The van der Waals surface area contributed by atoms with E-state index in [9.17, 15) is 4.79 Å². The highest BCUT2D eigenvalue weighted by molar-refractivity contribution is 5.82. The fourth-order valence-corrected chi connectivity index (χ4v) is 5.01. The molecule has 10 heteroatoms. The Labute approximate surface area is 215 Å². The van der Waals surface area contributed by atoms with Gasteiger partial charge < -0.3 is 14.7 Å². The average Bonchev–Trinajstić information content (AvgIpc) is 3.26. The van der Waals surface area contributed by atoms with Gasteiger partial charge in [-0.15, -0.1) is 0 Å². The second-order valence-corrected chi connectivity index (χ2v) is 9.62. The molecule has 0 saturated carbocycles. The van der Waals surface area contributed by atoms with Gasteiger partial charge in [-0.1, -0.05) is 30.3 Å². The van der Waals surface area contributed by atoms with Crippen LogP contribution in [0.4, 0.5) is 11.6 Å². The number of nitrogens with zero attached hydrogens (tertiary/aromatic N) is 9. The zero-order valence-electron chi connectivity index (χ0n) is 21.0. The number of rotatable bonds is 5. The monoisotopic (exact) mass is 495 g/mol. The molecular weight excluding hydrogens is 466 g/mol. The summed E-state index contributed by atoms with van der Waals surface area (Å²) in [7, 11) is 0. The summed E-state index contributed by atoms with van der Waals surface area (Å²) < 4.78 is 1.82. The predicted octanol–water partition coefficient (Wildman–Crippen LogP) is 2.52. The van der Waals surface area contributed by atoms with Gasteiger partial charge in [0.25, 0.3) is 0 Å². The predicted molar refractivity (Wildman–Crippen MR) is 141 cm³/mol. The second-order valence-electron chi connectivity index (χ2n) is 9.62. The standard InChI is InChI=1S/C27H29N9O/c1-19-12-20(2)36(32-19)26-14-25(30-18-31-26)35-15-22(16-35)27(37)34-10-8-33(9-11-34)24-13-23(28-17-29-24)21-6-4-3-5-7-21/h3-7,12-14,17-18,22H,8-11,15-16H2,1-2H3. The van der Waals surface area contributed by atoms with Gasteiger partial charge in [-0.05, 0) is 19.9 Å². The second kappa shape index (κ2) is 9.61. The van der Waals surface area contributed by atoms with E-state index in [4.69, 9.17) is 0 Å². The molecule has 4 aromatic rings. The summed E-state index contributed by atoms with van der Waals surface area (Å²) in [6.45, 7) is 8.19. The van der Waals surface area contributed by atoms with Crippen LogP contribution in [0.3, 0.4) is 0 Å². The lowest BCUT2D eigenvalue weighted by Gasteiger charge is -2.43. The first-order valence-electron chi connectivity index (χ1n) is 12.6. The Morgan fingerprint density at radius 3 is 2.16 bits per heavy atom. The molecule has 0 atom stereocenters. The van der Waals surface area contributed by atoms with Gasteiger partial charge >= 0.3 is 0 Å². The van der Waals surface area contributed by atoms with E-state index in [1.54, 1.807) is 12.7 Å². The van der Waals surface area contributed by atoms with Crippen LogP contribution < -0.4 is 9.80 Å². The number of carbonyl (C=O) groups excluding carboxylic acids is 1. The summed E-state index contributed by atoms with van der Waals surface area (Å²) in [6, 6.07) is 16.1. The van der Waals surface area contributed by atoms with Gasteiger partial charge in [-0.25, -0.2) is 24.6 Å². The largest absolute Gasteiger partial charge is 0.355 e. The molecule has 2 aliphatic heterocycles. The topological polar surface area (TPSA) is 96.2 Å². The van der Waals surface area contributed by atoms with Crippen molar-refractivity contribution in [1.29, 1.82) is 0 Å². The van der Waals surface area contributed by atoms with Crippen LogP contribution in [0.25, 0.3) is 17.1 Å². The summed E-state index contributed by atoms with van der Waals surface area (Å²) in [5.74, 6) is 2.67. The van der Waals surface area contributed by atoms with Crippen LogP contribution in [0.15, 0.2) is 61.2 Å². The highest BCUT2D eigenvalue weighted by atomic mass is 16.2. The molecule has 2 fully saturated rings. The van der Waals surface area contributed by atoms with Gasteiger partial charge in [0.1, 0.15) is 24.3 Å².